The van der Waals surface area contributed by atoms with Gasteiger partial charge in [-0.1, -0.05) is 42.9 Å². The predicted octanol–water partition coefficient (Wildman–Crippen LogP) is 4.37. The van der Waals surface area contributed by atoms with Gasteiger partial charge >= 0.3 is 0 Å². The summed E-state index contributed by atoms with van der Waals surface area (Å²) in [5, 5.41) is 0. The average Bonchev–Trinajstić information content (AvgIpc) is 2.10. The molecule has 0 aromatic carbocycles. The lowest BCUT2D eigenvalue weighted by Crippen LogP contribution is -2.39. The molecule has 0 amide bonds. The van der Waals surface area contributed by atoms with E-state index in [2.05, 4.69) is 36.4 Å². The molecule has 0 aromatic heterocycles. The molecule has 1 saturated carbocycles. The number of rotatable bonds is 3. The van der Waals surface area contributed by atoms with Crippen LogP contribution in [0.15, 0.2) is 0 Å². The van der Waals surface area contributed by atoms with Gasteiger partial charge in [-0.05, 0) is 31.6 Å². The molecule has 0 spiro atoms. The van der Waals surface area contributed by atoms with Gasteiger partial charge in [-0.3, -0.25) is 0 Å². The molecule has 0 aromatic rings. The highest BCUT2D eigenvalue weighted by molar-refractivity contribution is 14.1. The van der Waals surface area contributed by atoms with Crippen LogP contribution in [-0.2, 0) is 0 Å². The maximum atomic E-state index is 14.4. The number of hydrogen-bond donors (Lipinski definition) is 0. The van der Waals surface area contributed by atoms with Crippen LogP contribution < -0.4 is 0 Å². The molecule has 0 radical (unpaired) electrons. The van der Waals surface area contributed by atoms with Gasteiger partial charge < -0.3 is 0 Å². The molecule has 2 unspecified atom stereocenters. The van der Waals surface area contributed by atoms with E-state index in [0.717, 1.165) is 42.4 Å². The molecule has 0 bridgehead atoms. The average molecular weight is 298 g/mol. The zero-order chi connectivity index (χ0) is 9.90. The van der Waals surface area contributed by atoms with Crippen molar-refractivity contribution in [3.8, 4) is 0 Å². The van der Waals surface area contributed by atoms with Crippen molar-refractivity contribution >= 4 is 22.6 Å². The van der Waals surface area contributed by atoms with Gasteiger partial charge in [-0.2, -0.15) is 0 Å². The summed E-state index contributed by atoms with van der Waals surface area (Å²) in [6.45, 7) is 4.34. The molecule has 0 N–H and O–H groups in total. The van der Waals surface area contributed by atoms with Crippen LogP contribution in [0.1, 0.15) is 46.0 Å². The van der Waals surface area contributed by atoms with Crippen LogP contribution in [-0.4, -0.2) is 10.1 Å². The lowest BCUT2D eigenvalue weighted by molar-refractivity contribution is 0.0245. The molecule has 0 aliphatic heterocycles. The maximum Gasteiger partial charge on any atom is 0.114 e. The summed E-state index contributed by atoms with van der Waals surface area (Å²) < 4.78 is 15.4. The first-order valence-electron chi connectivity index (χ1n) is 5.37. The van der Waals surface area contributed by atoms with Crippen molar-refractivity contribution in [2.24, 2.45) is 11.8 Å². The van der Waals surface area contributed by atoms with Gasteiger partial charge in [0.15, 0.2) is 0 Å². The maximum absolute atomic E-state index is 14.4. The first-order chi connectivity index (χ1) is 6.12. The lowest BCUT2D eigenvalue weighted by Gasteiger charge is -2.39. The van der Waals surface area contributed by atoms with E-state index >= 15 is 0 Å². The summed E-state index contributed by atoms with van der Waals surface area (Å²) >= 11 is 2.34. The van der Waals surface area contributed by atoms with Gasteiger partial charge in [-0.15, -0.1) is 0 Å². The molecule has 1 aliphatic rings. The Morgan fingerprint density at radius 1 is 1.54 bits per heavy atom. The van der Waals surface area contributed by atoms with E-state index in [0.29, 0.717) is 5.92 Å². The van der Waals surface area contributed by atoms with E-state index in [1.165, 1.54) is 0 Å². The minimum atomic E-state index is -0.831. The zero-order valence-electron chi connectivity index (χ0n) is 8.65. The van der Waals surface area contributed by atoms with Crippen LogP contribution in [0.4, 0.5) is 4.39 Å². The molecule has 0 heterocycles. The third kappa shape index (κ3) is 2.80. The summed E-state index contributed by atoms with van der Waals surface area (Å²) in [5.74, 6) is 1.05. The van der Waals surface area contributed by atoms with Gasteiger partial charge in [0.25, 0.3) is 0 Å². The molecule has 0 saturated heterocycles. The summed E-state index contributed by atoms with van der Waals surface area (Å²) in [4.78, 5) is 0. The number of halogens is 2. The van der Waals surface area contributed by atoms with Crippen LogP contribution in [0.3, 0.4) is 0 Å². The van der Waals surface area contributed by atoms with Gasteiger partial charge in [0.2, 0.25) is 0 Å². The van der Waals surface area contributed by atoms with E-state index in [9.17, 15) is 4.39 Å². The Morgan fingerprint density at radius 2 is 2.23 bits per heavy atom. The molecule has 0 nitrogen and oxygen atoms in total. The van der Waals surface area contributed by atoms with Crippen molar-refractivity contribution in [3.05, 3.63) is 0 Å². The fourth-order valence-corrected chi connectivity index (χ4v) is 3.60. The Bertz CT molecular complexity index is 160. The minimum Gasteiger partial charge on any atom is -0.244 e. The second-order valence-electron chi connectivity index (χ2n) is 4.52. The van der Waals surface area contributed by atoms with E-state index in [-0.39, 0.29) is 0 Å². The summed E-state index contributed by atoms with van der Waals surface area (Å²) in [6, 6.07) is 0. The normalized spacial score (nSPS) is 40.6. The Balaban J connectivity index is 2.60. The Kier molecular flexibility index (Phi) is 4.46. The molecular formula is C11H20FI. The lowest BCUT2D eigenvalue weighted by atomic mass is 9.71. The van der Waals surface area contributed by atoms with Crippen molar-refractivity contribution in [2.45, 2.75) is 51.6 Å². The third-order valence-corrected chi connectivity index (χ3v) is 4.39. The topological polar surface area (TPSA) is 0 Å². The smallest absolute Gasteiger partial charge is 0.114 e. The highest BCUT2D eigenvalue weighted by Crippen LogP contribution is 2.43. The Morgan fingerprint density at radius 3 is 2.77 bits per heavy atom. The van der Waals surface area contributed by atoms with Gasteiger partial charge in [0, 0.05) is 10.3 Å². The monoisotopic (exact) mass is 298 g/mol. The van der Waals surface area contributed by atoms with Crippen LogP contribution in [0.25, 0.3) is 0 Å². The SMILES string of the molecule is CCC[C@@]1(F)CCC(C)CC1CI. The summed E-state index contributed by atoms with van der Waals surface area (Å²) in [6.07, 6.45) is 4.74. The standard InChI is InChI=1S/C11H20FI/c1-3-5-11(12)6-4-9(2)7-10(11)8-13/h9-10H,3-8H2,1-2H3/t9?,10?,11-/m1/s1. The largest absolute Gasteiger partial charge is 0.244 e. The quantitative estimate of drug-likeness (QED) is 0.536. The predicted molar refractivity (Wildman–Crippen MR) is 64.1 cm³/mol. The molecular weight excluding hydrogens is 278 g/mol. The van der Waals surface area contributed by atoms with Gasteiger partial charge in [-0.25, -0.2) is 4.39 Å². The van der Waals surface area contributed by atoms with E-state index in [1.807, 2.05) is 0 Å². The molecule has 1 fully saturated rings. The van der Waals surface area contributed by atoms with Crippen molar-refractivity contribution in [1.82, 2.24) is 0 Å². The first kappa shape index (κ1) is 11.7. The highest BCUT2D eigenvalue weighted by atomic mass is 127. The Labute approximate surface area is 94.8 Å². The van der Waals surface area contributed by atoms with Crippen molar-refractivity contribution in [2.75, 3.05) is 4.43 Å². The summed E-state index contributed by atoms with van der Waals surface area (Å²) in [7, 11) is 0. The summed E-state index contributed by atoms with van der Waals surface area (Å²) in [5.41, 5.74) is -0.831. The van der Waals surface area contributed by atoms with Crippen LogP contribution in [0, 0.1) is 11.8 Å². The molecule has 1 rings (SSSR count). The second kappa shape index (κ2) is 4.94. The third-order valence-electron chi connectivity index (χ3n) is 3.32. The molecule has 13 heavy (non-hydrogen) atoms. The van der Waals surface area contributed by atoms with E-state index in [1.54, 1.807) is 0 Å². The van der Waals surface area contributed by atoms with Crippen molar-refractivity contribution in [3.63, 3.8) is 0 Å². The molecule has 1 aliphatic carbocycles. The zero-order valence-corrected chi connectivity index (χ0v) is 10.8. The fraction of sp³-hybridized carbons (Fsp3) is 1.00. The first-order valence-corrected chi connectivity index (χ1v) is 6.90. The number of hydrogen-bond acceptors (Lipinski definition) is 0. The fourth-order valence-electron chi connectivity index (χ4n) is 2.45. The molecule has 78 valence electrons. The molecule has 2 heteroatoms. The Hall–Kier alpha value is 0.660. The van der Waals surface area contributed by atoms with Crippen LogP contribution >= 0.6 is 22.6 Å². The van der Waals surface area contributed by atoms with Crippen molar-refractivity contribution in [1.29, 1.82) is 0 Å². The second-order valence-corrected chi connectivity index (χ2v) is 5.40. The number of alkyl halides is 2. The van der Waals surface area contributed by atoms with Gasteiger partial charge in [0.05, 0.1) is 0 Å². The highest BCUT2D eigenvalue weighted by Gasteiger charge is 2.41. The minimum absolute atomic E-state index is 0.316. The van der Waals surface area contributed by atoms with Gasteiger partial charge in [0.1, 0.15) is 5.67 Å². The molecule has 3 atom stereocenters. The van der Waals surface area contributed by atoms with Crippen molar-refractivity contribution < 1.29 is 4.39 Å². The van der Waals surface area contributed by atoms with Crippen LogP contribution in [0.5, 0.6) is 0 Å². The van der Waals surface area contributed by atoms with E-state index < -0.39 is 5.67 Å². The van der Waals surface area contributed by atoms with E-state index in [4.69, 9.17) is 0 Å². The van der Waals surface area contributed by atoms with Crippen LogP contribution in [0.2, 0.25) is 0 Å².